The van der Waals surface area contributed by atoms with E-state index in [1.165, 1.54) is 10.4 Å². The van der Waals surface area contributed by atoms with Gasteiger partial charge in [-0.15, -0.1) is 0 Å². The summed E-state index contributed by atoms with van der Waals surface area (Å²) in [7, 11) is -2.08. The van der Waals surface area contributed by atoms with E-state index in [0.29, 0.717) is 0 Å². The Hall–Kier alpha value is -0.650. The second-order valence-corrected chi connectivity index (χ2v) is 7.26. The van der Waals surface area contributed by atoms with Gasteiger partial charge in [-0.2, -0.15) is 4.31 Å². The Labute approximate surface area is 118 Å². The average Bonchev–Trinajstić information content (AvgIpc) is 2.38. The Kier molecular flexibility index (Phi) is 4.48. The number of sulfonamides is 1. The predicted molar refractivity (Wildman–Crippen MR) is 73.2 cm³/mol. The van der Waals surface area contributed by atoms with Crippen molar-refractivity contribution in [3.8, 4) is 0 Å². The molecule has 0 heterocycles. The van der Waals surface area contributed by atoms with Gasteiger partial charge in [0.2, 0.25) is 10.0 Å². The van der Waals surface area contributed by atoms with Gasteiger partial charge in [-0.3, -0.25) is 0 Å². The monoisotopic (exact) mass is 305 g/mol. The van der Waals surface area contributed by atoms with Crippen LogP contribution in [-0.4, -0.2) is 25.8 Å². The lowest BCUT2D eigenvalue weighted by atomic mass is 9.96. The van der Waals surface area contributed by atoms with Gasteiger partial charge in [0.05, 0.1) is 5.02 Å². The highest BCUT2D eigenvalue weighted by Crippen LogP contribution is 2.29. The molecule has 3 nitrogen and oxygen atoms in total. The SMILES string of the molecule is CN(C1CCCCC1)S(=O)(=O)c1ccc(F)cc1Cl. The normalized spacial score (nSPS) is 17.9. The van der Waals surface area contributed by atoms with E-state index < -0.39 is 15.8 Å². The fraction of sp³-hybridized carbons (Fsp3) is 0.538. The summed E-state index contributed by atoms with van der Waals surface area (Å²) >= 11 is 5.85. The van der Waals surface area contributed by atoms with Crippen molar-refractivity contribution in [1.82, 2.24) is 4.31 Å². The molecule has 1 aliphatic carbocycles. The molecule has 1 aromatic rings. The lowest BCUT2D eigenvalue weighted by Gasteiger charge is -2.30. The van der Waals surface area contributed by atoms with Crippen LogP contribution in [0.1, 0.15) is 32.1 Å². The van der Waals surface area contributed by atoms with Crippen LogP contribution in [0.25, 0.3) is 0 Å². The zero-order valence-electron chi connectivity index (χ0n) is 10.8. The number of benzene rings is 1. The third-order valence-corrected chi connectivity index (χ3v) is 6.03. The van der Waals surface area contributed by atoms with Crippen molar-refractivity contribution in [3.63, 3.8) is 0 Å². The minimum Gasteiger partial charge on any atom is -0.207 e. The zero-order valence-corrected chi connectivity index (χ0v) is 12.3. The largest absolute Gasteiger partial charge is 0.244 e. The van der Waals surface area contributed by atoms with Crippen LogP contribution in [0.2, 0.25) is 5.02 Å². The number of halogens is 2. The van der Waals surface area contributed by atoms with Crippen LogP contribution >= 0.6 is 11.6 Å². The molecule has 0 bridgehead atoms. The highest BCUT2D eigenvalue weighted by molar-refractivity contribution is 7.89. The van der Waals surface area contributed by atoms with Crippen molar-refractivity contribution in [1.29, 1.82) is 0 Å². The maximum absolute atomic E-state index is 13.0. The fourth-order valence-electron chi connectivity index (χ4n) is 2.48. The van der Waals surface area contributed by atoms with Crippen LogP contribution in [0.5, 0.6) is 0 Å². The highest BCUT2D eigenvalue weighted by Gasteiger charge is 2.30. The molecule has 106 valence electrons. The smallest absolute Gasteiger partial charge is 0.207 e. The minimum atomic E-state index is -3.65. The topological polar surface area (TPSA) is 37.4 Å². The molecule has 1 aromatic carbocycles. The standard InChI is InChI=1S/C13H17ClFNO2S/c1-16(11-5-3-2-4-6-11)19(17,18)13-8-7-10(15)9-12(13)14/h7-9,11H,2-6H2,1H3. The summed E-state index contributed by atoms with van der Waals surface area (Å²) in [5.74, 6) is -0.538. The maximum atomic E-state index is 13.0. The Morgan fingerprint density at radius 1 is 1.26 bits per heavy atom. The molecule has 0 N–H and O–H groups in total. The number of hydrogen-bond donors (Lipinski definition) is 0. The first kappa shape index (κ1) is 14.8. The second kappa shape index (κ2) is 5.77. The van der Waals surface area contributed by atoms with Crippen molar-refractivity contribution in [2.24, 2.45) is 0 Å². The molecule has 1 fully saturated rings. The maximum Gasteiger partial charge on any atom is 0.244 e. The summed E-state index contributed by atoms with van der Waals surface area (Å²) in [5, 5.41) is -0.0670. The molecular weight excluding hydrogens is 289 g/mol. The summed E-state index contributed by atoms with van der Waals surface area (Å²) in [5.41, 5.74) is 0. The molecule has 6 heteroatoms. The summed E-state index contributed by atoms with van der Waals surface area (Å²) in [6.07, 6.45) is 4.98. The molecule has 1 aliphatic rings. The van der Waals surface area contributed by atoms with Gasteiger partial charge in [0.15, 0.2) is 0 Å². The molecule has 19 heavy (non-hydrogen) atoms. The van der Waals surface area contributed by atoms with Crippen LogP contribution in [-0.2, 0) is 10.0 Å². The molecular formula is C13H17ClFNO2S. The number of nitrogens with zero attached hydrogens (tertiary/aromatic N) is 1. The molecule has 0 amide bonds. The van der Waals surface area contributed by atoms with E-state index in [0.717, 1.165) is 44.2 Å². The Balaban J connectivity index is 2.30. The molecule has 0 radical (unpaired) electrons. The molecule has 0 spiro atoms. The zero-order chi connectivity index (χ0) is 14.0. The third-order valence-electron chi connectivity index (χ3n) is 3.64. The van der Waals surface area contributed by atoms with Crippen molar-refractivity contribution < 1.29 is 12.8 Å². The van der Waals surface area contributed by atoms with Gasteiger partial charge < -0.3 is 0 Å². The van der Waals surface area contributed by atoms with Gasteiger partial charge in [0.1, 0.15) is 10.7 Å². The van der Waals surface area contributed by atoms with Crippen LogP contribution < -0.4 is 0 Å². The Morgan fingerprint density at radius 2 is 1.89 bits per heavy atom. The van der Waals surface area contributed by atoms with E-state index in [-0.39, 0.29) is 16.0 Å². The second-order valence-electron chi connectivity index (χ2n) is 4.89. The van der Waals surface area contributed by atoms with Gasteiger partial charge in [0, 0.05) is 13.1 Å². The number of hydrogen-bond acceptors (Lipinski definition) is 2. The molecule has 2 rings (SSSR count). The Bertz CT molecular complexity index is 556. The number of rotatable bonds is 3. The molecule has 1 saturated carbocycles. The molecule has 0 unspecified atom stereocenters. The van der Waals surface area contributed by atoms with Gasteiger partial charge in [0.25, 0.3) is 0 Å². The lowest BCUT2D eigenvalue weighted by molar-refractivity contribution is 0.286. The molecule has 0 aromatic heterocycles. The van der Waals surface area contributed by atoms with E-state index in [2.05, 4.69) is 0 Å². The summed E-state index contributed by atoms with van der Waals surface area (Å²) < 4.78 is 39.3. The summed E-state index contributed by atoms with van der Waals surface area (Å²) in [6.45, 7) is 0. The quantitative estimate of drug-likeness (QED) is 0.858. The van der Waals surface area contributed by atoms with E-state index in [9.17, 15) is 12.8 Å². The van der Waals surface area contributed by atoms with Crippen molar-refractivity contribution in [3.05, 3.63) is 29.0 Å². The first-order chi connectivity index (χ1) is 8.93. The van der Waals surface area contributed by atoms with Crippen LogP contribution in [0.3, 0.4) is 0 Å². The predicted octanol–water partition coefficient (Wildman–Crippen LogP) is 3.43. The first-order valence-corrected chi connectivity index (χ1v) is 8.18. The van der Waals surface area contributed by atoms with Crippen LogP contribution in [0, 0.1) is 5.82 Å². The van der Waals surface area contributed by atoms with E-state index in [4.69, 9.17) is 11.6 Å². The summed E-state index contributed by atoms with van der Waals surface area (Å²) in [4.78, 5) is -0.0244. The highest BCUT2D eigenvalue weighted by atomic mass is 35.5. The van der Waals surface area contributed by atoms with Gasteiger partial charge in [-0.25, -0.2) is 12.8 Å². The van der Waals surface area contributed by atoms with Crippen molar-refractivity contribution >= 4 is 21.6 Å². The molecule has 0 atom stereocenters. The van der Waals surface area contributed by atoms with Gasteiger partial charge in [-0.05, 0) is 31.0 Å². The lowest BCUT2D eigenvalue weighted by Crippen LogP contribution is -2.38. The van der Waals surface area contributed by atoms with Crippen LogP contribution in [0.15, 0.2) is 23.1 Å². The fourth-order valence-corrected chi connectivity index (χ4v) is 4.40. The van der Waals surface area contributed by atoms with Crippen molar-refractivity contribution in [2.75, 3.05) is 7.05 Å². The third kappa shape index (κ3) is 3.09. The van der Waals surface area contributed by atoms with E-state index in [1.54, 1.807) is 7.05 Å². The Morgan fingerprint density at radius 3 is 2.47 bits per heavy atom. The average molecular weight is 306 g/mol. The minimum absolute atomic E-state index is 0.0138. The van der Waals surface area contributed by atoms with E-state index >= 15 is 0 Å². The summed E-state index contributed by atoms with van der Waals surface area (Å²) in [6, 6.07) is 3.39. The van der Waals surface area contributed by atoms with Crippen LogP contribution in [0.4, 0.5) is 4.39 Å². The van der Waals surface area contributed by atoms with Crippen molar-refractivity contribution in [2.45, 2.75) is 43.0 Å². The first-order valence-electron chi connectivity index (χ1n) is 6.36. The molecule has 0 saturated heterocycles. The van der Waals surface area contributed by atoms with Gasteiger partial charge in [-0.1, -0.05) is 30.9 Å². The van der Waals surface area contributed by atoms with E-state index in [1.807, 2.05) is 0 Å². The molecule has 0 aliphatic heterocycles. The van der Waals surface area contributed by atoms with Gasteiger partial charge >= 0.3 is 0 Å².